The standard InChI is InChI=1S/C14H14ClN5O/c1-14(2,3)13-18-11(19-20-13)12(21)17-9-4-5-10(15)8(6-9)7-16/h4-6H,1-3H3,(H,17,21)(H,18,19,20). The Hall–Kier alpha value is -2.39. The highest BCUT2D eigenvalue weighted by Gasteiger charge is 2.21. The molecule has 108 valence electrons. The lowest BCUT2D eigenvalue weighted by Gasteiger charge is -2.12. The van der Waals surface area contributed by atoms with Crippen molar-refractivity contribution in [3.63, 3.8) is 0 Å². The number of rotatable bonds is 2. The predicted molar refractivity (Wildman–Crippen MR) is 79.2 cm³/mol. The van der Waals surface area contributed by atoms with Gasteiger partial charge in [-0.1, -0.05) is 32.4 Å². The zero-order chi connectivity index (χ0) is 15.6. The van der Waals surface area contributed by atoms with E-state index in [4.69, 9.17) is 16.9 Å². The van der Waals surface area contributed by atoms with Gasteiger partial charge in [-0.05, 0) is 18.2 Å². The molecule has 2 rings (SSSR count). The molecule has 0 atom stereocenters. The Morgan fingerprint density at radius 2 is 2.14 bits per heavy atom. The van der Waals surface area contributed by atoms with E-state index in [1.165, 1.54) is 6.07 Å². The van der Waals surface area contributed by atoms with Gasteiger partial charge in [0.2, 0.25) is 5.82 Å². The molecule has 0 spiro atoms. The molecule has 6 nitrogen and oxygen atoms in total. The van der Waals surface area contributed by atoms with Crippen LogP contribution in [0.3, 0.4) is 0 Å². The molecule has 1 heterocycles. The third-order valence-corrected chi connectivity index (χ3v) is 3.07. The van der Waals surface area contributed by atoms with E-state index in [0.29, 0.717) is 22.1 Å². The summed E-state index contributed by atoms with van der Waals surface area (Å²) < 4.78 is 0. The number of aromatic amines is 1. The van der Waals surface area contributed by atoms with Crippen LogP contribution >= 0.6 is 11.6 Å². The largest absolute Gasteiger partial charge is 0.319 e. The number of H-pyrrole nitrogens is 1. The molecule has 0 aliphatic carbocycles. The molecule has 2 N–H and O–H groups in total. The van der Waals surface area contributed by atoms with Crippen LogP contribution in [0.1, 0.15) is 42.8 Å². The number of nitrogens with one attached hydrogen (secondary N) is 2. The number of carbonyl (C=O) groups excluding carboxylic acids is 1. The second kappa shape index (κ2) is 5.54. The van der Waals surface area contributed by atoms with Crippen LogP contribution in [0.15, 0.2) is 18.2 Å². The summed E-state index contributed by atoms with van der Waals surface area (Å²) in [6.07, 6.45) is 0. The Morgan fingerprint density at radius 1 is 1.43 bits per heavy atom. The second-order valence-corrected chi connectivity index (χ2v) is 5.93. The number of carbonyl (C=O) groups is 1. The van der Waals surface area contributed by atoms with Crippen LogP contribution in [0.2, 0.25) is 5.02 Å². The number of aromatic nitrogens is 3. The maximum Gasteiger partial charge on any atom is 0.295 e. The van der Waals surface area contributed by atoms with Gasteiger partial charge in [-0.2, -0.15) is 5.26 Å². The Morgan fingerprint density at radius 3 is 2.71 bits per heavy atom. The highest BCUT2D eigenvalue weighted by Crippen LogP contribution is 2.20. The highest BCUT2D eigenvalue weighted by atomic mass is 35.5. The summed E-state index contributed by atoms with van der Waals surface area (Å²) in [4.78, 5) is 16.2. The van der Waals surface area contributed by atoms with Crippen LogP contribution in [0.25, 0.3) is 0 Å². The molecule has 0 radical (unpaired) electrons. The lowest BCUT2D eigenvalue weighted by Crippen LogP contribution is -2.16. The fourth-order valence-corrected chi connectivity index (χ4v) is 1.73. The van der Waals surface area contributed by atoms with Crippen molar-refractivity contribution >= 4 is 23.2 Å². The number of amides is 1. The van der Waals surface area contributed by atoms with Gasteiger partial charge in [-0.3, -0.25) is 9.89 Å². The summed E-state index contributed by atoms with van der Waals surface area (Å²) >= 11 is 5.84. The maximum absolute atomic E-state index is 12.1. The average Bonchev–Trinajstić information content (AvgIpc) is 2.90. The van der Waals surface area contributed by atoms with Gasteiger partial charge in [-0.15, -0.1) is 5.10 Å². The zero-order valence-corrected chi connectivity index (χ0v) is 12.6. The van der Waals surface area contributed by atoms with Crippen LogP contribution in [0.5, 0.6) is 0 Å². The van der Waals surface area contributed by atoms with Gasteiger partial charge in [0.25, 0.3) is 5.91 Å². The Labute approximate surface area is 127 Å². The molecule has 0 unspecified atom stereocenters. The van der Waals surface area contributed by atoms with E-state index in [1.54, 1.807) is 12.1 Å². The SMILES string of the molecule is CC(C)(C)c1nc(C(=O)Nc2ccc(Cl)c(C#N)c2)n[nH]1. The van der Waals surface area contributed by atoms with E-state index in [2.05, 4.69) is 20.5 Å². The first-order valence-corrected chi connectivity index (χ1v) is 6.63. The van der Waals surface area contributed by atoms with E-state index >= 15 is 0 Å². The smallest absolute Gasteiger partial charge is 0.295 e. The fraction of sp³-hybridized carbons (Fsp3) is 0.286. The molecule has 0 saturated carbocycles. The van der Waals surface area contributed by atoms with Crippen molar-refractivity contribution in [1.82, 2.24) is 15.2 Å². The molecule has 0 bridgehead atoms. The van der Waals surface area contributed by atoms with E-state index in [1.807, 2.05) is 26.8 Å². The van der Waals surface area contributed by atoms with E-state index in [-0.39, 0.29) is 11.2 Å². The summed E-state index contributed by atoms with van der Waals surface area (Å²) in [7, 11) is 0. The van der Waals surface area contributed by atoms with Gasteiger partial charge in [-0.25, -0.2) is 4.98 Å². The molecule has 0 aliphatic heterocycles. The van der Waals surface area contributed by atoms with Crippen molar-refractivity contribution in [3.8, 4) is 6.07 Å². The minimum Gasteiger partial charge on any atom is -0.319 e. The summed E-state index contributed by atoms with van der Waals surface area (Å²) in [5.74, 6) is 0.225. The molecule has 0 fully saturated rings. The molecule has 1 amide bonds. The van der Waals surface area contributed by atoms with Crippen molar-refractivity contribution in [2.75, 3.05) is 5.32 Å². The molecule has 0 saturated heterocycles. The van der Waals surface area contributed by atoms with Crippen molar-refractivity contribution in [2.24, 2.45) is 0 Å². The van der Waals surface area contributed by atoms with Crippen molar-refractivity contribution in [1.29, 1.82) is 5.26 Å². The topological polar surface area (TPSA) is 94.5 Å². The van der Waals surface area contributed by atoms with E-state index < -0.39 is 5.91 Å². The van der Waals surface area contributed by atoms with Gasteiger partial charge >= 0.3 is 0 Å². The average molecular weight is 304 g/mol. The second-order valence-electron chi connectivity index (χ2n) is 5.52. The molecule has 21 heavy (non-hydrogen) atoms. The summed E-state index contributed by atoms with van der Waals surface area (Å²) in [5, 5.41) is 18.5. The molecular weight excluding hydrogens is 290 g/mol. The molecule has 0 aliphatic rings. The van der Waals surface area contributed by atoms with E-state index in [9.17, 15) is 4.79 Å². The third kappa shape index (κ3) is 3.38. The zero-order valence-electron chi connectivity index (χ0n) is 11.9. The number of benzene rings is 1. The first kappa shape index (κ1) is 15.0. The lowest BCUT2D eigenvalue weighted by molar-refractivity contribution is 0.101. The van der Waals surface area contributed by atoms with Gasteiger partial charge < -0.3 is 5.32 Å². The summed E-state index contributed by atoms with van der Waals surface area (Å²) in [6, 6.07) is 6.61. The number of hydrogen-bond acceptors (Lipinski definition) is 4. The van der Waals surface area contributed by atoms with E-state index in [0.717, 1.165) is 0 Å². The minimum absolute atomic E-state index is 0.0494. The number of nitrogens with zero attached hydrogens (tertiary/aromatic N) is 3. The van der Waals surface area contributed by atoms with Gasteiger partial charge in [0, 0.05) is 11.1 Å². The molecule has 7 heteroatoms. The maximum atomic E-state index is 12.1. The first-order chi connectivity index (χ1) is 9.81. The van der Waals surface area contributed by atoms with Crippen molar-refractivity contribution in [3.05, 3.63) is 40.4 Å². The van der Waals surface area contributed by atoms with Crippen molar-refractivity contribution < 1.29 is 4.79 Å². The Balaban J connectivity index is 2.19. The number of nitriles is 1. The molecule has 2 aromatic rings. The molecule has 1 aromatic carbocycles. The normalized spacial score (nSPS) is 11.0. The van der Waals surface area contributed by atoms with Crippen LogP contribution in [0.4, 0.5) is 5.69 Å². The quantitative estimate of drug-likeness (QED) is 0.891. The lowest BCUT2D eigenvalue weighted by atomic mass is 9.96. The van der Waals surface area contributed by atoms with Gasteiger partial charge in [0.15, 0.2) is 0 Å². The van der Waals surface area contributed by atoms with Crippen LogP contribution in [0, 0.1) is 11.3 Å². The summed E-state index contributed by atoms with van der Waals surface area (Å²) in [6.45, 7) is 5.90. The van der Waals surface area contributed by atoms with Crippen molar-refractivity contribution in [2.45, 2.75) is 26.2 Å². The Bertz CT molecular complexity index is 724. The molecule has 1 aromatic heterocycles. The van der Waals surface area contributed by atoms with Crippen LogP contribution in [-0.4, -0.2) is 21.1 Å². The number of anilines is 1. The Kier molecular flexibility index (Phi) is 3.96. The third-order valence-electron chi connectivity index (χ3n) is 2.74. The summed E-state index contributed by atoms with van der Waals surface area (Å²) in [5.41, 5.74) is 0.530. The first-order valence-electron chi connectivity index (χ1n) is 6.25. The van der Waals surface area contributed by atoms with Crippen LogP contribution < -0.4 is 5.32 Å². The van der Waals surface area contributed by atoms with Gasteiger partial charge in [0.1, 0.15) is 11.9 Å². The fourth-order valence-electron chi connectivity index (χ4n) is 1.57. The molecular formula is C14H14ClN5O. The number of halogens is 1. The van der Waals surface area contributed by atoms with Crippen LogP contribution in [-0.2, 0) is 5.41 Å². The minimum atomic E-state index is -0.451. The monoisotopic (exact) mass is 303 g/mol. The highest BCUT2D eigenvalue weighted by molar-refractivity contribution is 6.31. The number of hydrogen-bond donors (Lipinski definition) is 2. The van der Waals surface area contributed by atoms with Gasteiger partial charge in [0.05, 0.1) is 10.6 Å². The predicted octanol–water partition coefficient (Wildman–Crippen LogP) is 2.88.